The Morgan fingerprint density at radius 1 is 1.00 bits per heavy atom. The van der Waals surface area contributed by atoms with E-state index in [1.807, 2.05) is 0 Å². The summed E-state index contributed by atoms with van der Waals surface area (Å²) < 4.78 is 30.5. The molecule has 4 nitrogen and oxygen atoms in total. The predicted molar refractivity (Wildman–Crippen MR) is 73.2 cm³/mol. The maximum Gasteiger partial charge on any atom is 1.00 e. The van der Waals surface area contributed by atoms with E-state index in [2.05, 4.69) is 0 Å². The van der Waals surface area contributed by atoms with Gasteiger partial charge in [0.2, 0.25) is 0 Å². The normalized spacial score (nSPS) is 11.1. The average molecular weight is 295 g/mol. The van der Waals surface area contributed by atoms with Crippen LogP contribution in [0.5, 0.6) is 0 Å². The van der Waals surface area contributed by atoms with Crippen LogP contribution < -0.4 is 35.3 Å². The van der Waals surface area contributed by atoms with Gasteiger partial charge < -0.3 is 7.16 Å². The predicted octanol–water partition coefficient (Wildman–Crippen LogP) is -0.498. The Morgan fingerprint density at radius 2 is 1.53 bits per heavy atom. The van der Waals surface area contributed by atoms with Gasteiger partial charge in [0, 0.05) is 0 Å². The van der Waals surface area contributed by atoms with Crippen LogP contribution in [0.1, 0.15) is 39.1 Å². The van der Waals surface area contributed by atoms with Crippen molar-refractivity contribution in [2.45, 2.75) is 43.4 Å². The van der Waals surface area contributed by atoms with Crippen LogP contribution in [0.4, 0.5) is 0 Å². The van der Waals surface area contributed by atoms with E-state index in [9.17, 15) is 8.42 Å². The summed E-state index contributed by atoms with van der Waals surface area (Å²) in [6, 6.07) is 6.39. The molecule has 0 amide bonds. The fourth-order valence-corrected chi connectivity index (χ4v) is 2.31. The van der Waals surface area contributed by atoms with Gasteiger partial charge in [0.15, 0.2) is 0 Å². The molecule has 19 heavy (non-hydrogen) atoms. The van der Waals surface area contributed by atoms with Gasteiger partial charge in [-0.3, -0.25) is 4.55 Å². The SMILES string of the molecule is NCCCCCCCc1ccc(S(=O)(=O)O)cc1.[H-].[Na+]. The molecule has 1 aromatic carbocycles. The number of unbranched alkanes of at least 4 members (excludes halogenated alkanes) is 4. The van der Waals surface area contributed by atoms with Crippen LogP contribution in [0, 0.1) is 0 Å². The first-order valence-electron chi connectivity index (χ1n) is 6.30. The Morgan fingerprint density at radius 3 is 2.05 bits per heavy atom. The molecule has 3 N–H and O–H groups in total. The molecule has 0 aromatic heterocycles. The van der Waals surface area contributed by atoms with Crippen LogP contribution in [-0.4, -0.2) is 19.5 Å². The van der Waals surface area contributed by atoms with E-state index in [0.717, 1.165) is 31.4 Å². The molecule has 0 aliphatic carbocycles. The zero-order valence-corrected chi connectivity index (χ0v) is 14.3. The van der Waals surface area contributed by atoms with Crippen LogP contribution in [0.25, 0.3) is 0 Å². The van der Waals surface area contributed by atoms with Crippen molar-refractivity contribution in [3.63, 3.8) is 0 Å². The van der Waals surface area contributed by atoms with E-state index in [0.29, 0.717) is 0 Å². The average Bonchev–Trinajstić information content (AvgIpc) is 2.33. The maximum atomic E-state index is 10.9. The van der Waals surface area contributed by atoms with Crippen LogP contribution >= 0.6 is 0 Å². The van der Waals surface area contributed by atoms with E-state index >= 15 is 0 Å². The fourth-order valence-electron chi connectivity index (χ4n) is 1.83. The van der Waals surface area contributed by atoms with E-state index in [4.69, 9.17) is 10.3 Å². The summed E-state index contributed by atoms with van der Waals surface area (Å²) in [5.41, 5.74) is 6.51. The summed E-state index contributed by atoms with van der Waals surface area (Å²) in [7, 11) is -4.07. The van der Waals surface area contributed by atoms with Crippen LogP contribution in [0.15, 0.2) is 29.2 Å². The first-order chi connectivity index (χ1) is 8.54. The smallest absolute Gasteiger partial charge is 1.00 e. The molecule has 0 saturated carbocycles. The van der Waals surface area contributed by atoms with Gasteiger partial charge in [-0.25, -0.2) is 0 Å². The maximum absolute atomic E-state index is 10.9. The van der Waals surface area contributed by atoms with Crippen molar-refractivity contribution in [3.8, 4) is 0 Å². The third kappa shape index (κ3) is 8.07. The molecule has 0 unspecified atom stereocenters. The molecule has 1 aromatic rings. The zero-order valence-electron chi connectivity index (χ0n) is 12.5. The molecule has 0 spiro atoms. The third-order valence-electron chi connectivity index (χ3n) is 2.89. The minimum atomic E-state index is -4.07. The van der Waals surface area contributed by atoms with Crippen molar-refractivity contribution in [2.75, 3.05) is 6.54 Å². The molecular formula is C13H22NNaO3S. The van der Waals surface area contributed by atoms with Crippen molar-refractivity contribution >= 4 is 10.1 Å². The number of rotatable bonds is 8. The van der Waals surface area contributed by atoms with Crippen LogP contribution in [0.2, 0.25) is 0 Å². The standard InChI is InChI=1S/C13H21NO3S.Na.H/c14-11-5-3-1-2-4-6-12-7-9-13(10-8-12)18(15,16)17;;/h7-10H,1-6,11,14H2,(H,15,16,17);;/q;+1;-1. The van der Waals surface area contributed by atoms with Crippen molar-refractivity contribution in [2.24, 2.45) is 5.73 Å². The number of hydrogen-bond acceptors (Lipinski definition) is 3. The van der Waals surface area contributed by atoms with Gasteiger partial charge in [-0.05, 0) is 43.5 Å². The number of benzene rings is 1. The third-order valence-corrected chi connectivity index (χ3v) is 3.76. The Hall–Kier alpha value is 0.0900. The van der Waals surface area contributed by atoms with Gasteiger partial charge in [-0.15, -0.1) is 0 Å². The minimum absolute atomic E-state index is 0. The van der Waals surface area contributed by atoms with Gasteiger partial charge in [-0.2, -0.15) is 8.42 Å². The second-order valence-electron chi connectivity index (χ2n) is 4.43. The Labute approximate surface area is 139 Å². The Bertz CT molecular complexity index is 451. The largest absolute Gasteiger partial charge is 1.00 e. The monoisotopic (exact) mass is 295 g/mol. The summed E-state index contributed by atoms with van der Waals surface area (Å²) in [4.78, 5) is -0.0470. The molecule has 0 aliphatic heterocycles. The molecule has 6 heteroatoms. The van der Waals surface area contributed by atoms with E-state index in [-0.39, 0.29) is 35.9 Å². The molecule has 1 rings (SSSR count). The molecule has 0 radical (unpaired) electrons. The Kier molecular flexibility index (Phi) is 9.96. The van der Waals surface area contributed by atoms with E-state index in [1.54, 1.807) is 12.1 Å². The molecule has 0 saturated heterocycles. The minimum Gasteiger partial charge on any atom is -1.00 e. The van der Waals surface area contributed by atoms with Crippen LogP contribution in [-0.2, 0) is 16.5 Å². The van der Waals surface area contributed by atoms with Crippen molar-refractivity contribution in [3.05, 3.63) is 29.8 Å². The molecule has 0 atom stereocenters. The van der Waals surface area contributed by atoms with Gasteiger partial charge in [0.05, 0.1) is 4.90 Å². The van der Waals surface area contributed by atoms with Crippen molar-refractivity contribution < 1.29 is 44.0 Å². The number of aryl methyl sites for hydroxylation is 1. The van der Waals surface area contributed by atoms with E-state index in [1.165, 1.54) is 31.4 Å². The van der Waals surface area contributed by atoms with Crippen molar-refractivity contribution in [1.82, 2.24) is 0 Å². The van der Waals surface area contributed by atoms with Crippen LogP contribution in [0.3, 0.4) is 0 Å². The van der Waals surface area contributed by atoms with Gasteiger partial charge in [0.25, 0.3) is 10.1 Å². The molecular weight excluding hydrogens is 273 g/mol. The fraction of sp³-hybridized carbons (Fsp3) is 0.538. The molecule has 104 valence electrons. The first-order valence-corrected chi connectivity index (χ1v) is 7.74. The second kappa shape index (κ2) is 9.91. The summed E-state index contributed by atoms with van der Waals surface area (Å²) in [6.07, 6.45) is 6.66. The topological polar surface area (TPSA) is 80.4 Å². The van der Waals surface area contributed by atoms with E-state index < -0.39 is 10.1 Å². The van der Waals surface area contributed by atoms with Crippen molar-refractivity contribution in [1.29, 1.82) is 0 Å². The van der Waals surface area contributed by atoms with Gasteiger partial charge >= 0.3 is 29.6 Å². The second-order valence-corrected chi connectivity index (χ2v) is 5.85. The summed E-state index contributed by atoms with van der Waals surface area (Å²) in [5, 5.41) is 0. The number of hydrogen-bond donors (Lipinski definition) is 2. The molecule has 0 bridgehead atoms. The first kappa shape index (κ1) is 19.1. The summed E-state index contributed by atoms with van der Waals surface area (Å²) in [5.74, 6) is 0. The summed E-state index contributed by atoms with van der Waals surface area (Å²) in [6.45, 7) is 0.761. The number of nitrogens with two attached hydrogens (primary N) is 1. The van der Waals surface area contributed by atoms with Gasteiger partial charge in [0.1, 0.15) is 0 Å². The molecule has 0 heterocycles. The molecule has 0 aliphatic rings. The Balaban J connectivity index is 0. The quantitative estimate of drug-likeness (QED) is 0.385. The zero-order chi connectivity index (χ0) is 13.4. The van der Waals surface area contributed by atoms with Gasteiger partial charge in [-0.1, -0.05) is 31.4 Å². The molecule has 0 fully saturated rings. The summed E-state index contributed by atoms with van der Waals surface area (Å²) >= 11 is 0.